The molecular formula is C24H33F3N2O5. The number of carbonyl (C=O) groups excluding carboxylic acids is 2. The summed E-state index contributed by atoms with van der Waals surface area (Å²) < 4.78 is 57.8. The molecule has 34 heavy (non-hydrogen) atoms. The molecule has 0 aliphatic carbocycles. The van der Waals surface area contributed by atoms with E-state index in [1.165, 1.54) is 12.1 Å². The molecule has 0 unspecified atom stereocenters. The molecule has 1 aromatic rings. The summed E-state index contributed by atoms with van der Waals surface area (Å²) in [6.07, 6.45) is -3.25. The molecule has 0 spiro atoms. The first-order valence-electron chi connectivity index (χ1n) is 11.6. The summed E-state index contributed by atoms with van der Waals surface area (Å²) in [7, 11) is 2.01. The van der Waals surface area contributed by atoms with Gasteiger partial charge >= 0.3 is 18.1 Å². The molecule has 0 saturated carbocycles. The van der Waals surface area contributed by atoms with Crippen LogP contribution in [-0.4, -0.2) is 74.1 Å². The highest BCUT2D eigenvalue weighted by Crippen LogP contribution is 2.35. The van der Waals surface area contributed by atoms with Gasteiger partial charge in [-0.05, 0) is 65.6 Å². The van der Waals surface area contributed by atoms with Gasteiger partial charge in [0, 0.05) is 38.4 Å². The summed E-state index contributed by atoms with van der Waals surface area (Å²) in [5, 5.41) is 0. The molecule has 0 aromatic heterocycles. The number of halogens is 3. The molecule has 10 heteroatoms. The summed E-state index contributed by atoms with van der Waals surface area (Å²) >= 11 is 0. The van der Waals surface area contributed by atoms with Crippen LogP contribution in [0.5, 0.6) is 5.75 Å². The standard InChI is InChI=1S/C24H33F3N2O5/c1-23(2,3)34-21(30)19-6-5-18(33-17-7-11-28(4)12-8-17)15-20(19)29(22(31)24(25,26)27)16-9-13-32-14-10-16/h5-6,15-17H,7-14H2,1-4H3. The maximum absolute atomic E-state index is 13.7. The number of ether oxygens (including phenoxy) is 3. The van der Waals surface area contributed by atoms with Gasteiger partial charge in [0.25, 0.3) is 0 Å². The van der Waals surface area contributed by atoms with Gasteiger partial charge in [-0.2, -0.15) is 13.2 Å². The Bertz CT molecular complexity index is 870. The van der Waals surface area contributed by atoms with Crippen molar-refractivity contribution in [2.24, 2.45) is 0 Å². The van der Waals surface area contributed by atoms with Crippen LogP contribution >= 0.6 is 0 Å². The van der Waals surface area contributed by atoms with Crippen LogP contribution in [0.4, 0.5) is 18.9 Å². The average Bonchev–Trinajstić information content (AvgIpc) is 2.74. The Hall–Kier alpha value is -2.33. The van der Waals surface area contributed by atoms with E-state index in [4.69, 9.17) is 14.2 Å². The molecule has 0 bridgehead atoms. The van der Waals surface area contributed by atoms with Crippen molar-refractivity contribution in [1.82, 2.24) is 4.90 Å². The number of hydrogen-bond acceptors (Lipinski definition) is 6. The lowest BCUT2D eigenvalue weighted by Gasteiger charge is -2.36. The topological polar surface area (TPSA) is 68.3 Å². The highest BCUT2D eigenvalue weighted by Gasteiger charge is 2.46. The van der Waals surface area contributed by atoms with Gasteiger partial charge in [0.1, 0.15) is 17.5 Å². The number of amides is 1. The minimum absolute atomic E-state index is 0.105. The molecule has 1 aromatic carbocycles. The smallest absolute Gasteiger partial charge is 0.471 e. The van der Waals surface area contributed by atoms with E-state index in [-0.39, 0.29) is 43.4 Å². The second-order valence-electron chi connectivity index (χ2n) is 9.82. The van der Waals surface area contributed by atoms with Gasteiger partial charge in [-0.25, -0.2) is 4.79 Å². The van der Waals surface area contributed by atoms with Gasteiger partial charge in [0.05, 0.1) is 11.3 Å². The van der Waals surface area contributed by atoms with Crippen molar-refractivity contribution in [1.29, 1.82) is 0 Å². The lowest BCUT2D eigenvalue weighted by atomic mass is 10.0. The van der Waals surface area contributed by atoms with Crippen LogP contribution in [-0.2, 0) is 14.3 Å². The SMILES string of the molecule is CN1CCC(Oc2ccc(C(=O)OC(C)(C)C)c(N(C(=O)C(F)(F)F)C3CCOCC3)c2)CC1. The first-order chi connectivity index (χ1) is 15.8. The summed E-state index contributed by atoms with van der Waals surface area (Å²) in [5.41, 5.74) is -1.14. The molecule has 3 rings (SSSR count). The Balaban J connectivity index is 2.03. The maximum atomic E-state index is 13.7. The zero-order valence-electron chi connectivity index (χ0n) is 20.1. The first kappa shape index (κ1) is 26.3. The normalized spacial score (nSPS) is 19.0. The molecule has 2 heterocycles. The van der Waals surface area contributed by atoms with Gasteiger partial charge in [0.15, 0.2) is 0 Å². The first-order valence-corrected chi connectivity index (χ1v) is 11.6. The van der Waals surface area contributed by atoms with Crippen molar-refractivity contribution in [3.8, 4) is 5.75 Å². The quantitative estimate of drug-likeness (QED) is 0.582. The summed E-state index contributed by atoms with van der Waals surface area (Å²) in [4.78, 5) is 28.4. The van der Waals surface area contributed by atoms with E-state index in [2.05, 4.69) is 4.90 Å². The lowest BCUT2D eigenvalue weighted by molar-refractivity contribution is -0.171. The number of rotatable bonds is 5. The van der Waals surface area contributed by atoms with Gasteiger partial charge in [0.2, 0.25) is 0 Å². The van der Waals surface area contributed by atoms with E-state index < -0.39 is 29.7 Å². The van der Waals surface area contributed by atoms with Crippen LogP contribution in [0.1, 0.15) is 56.8 Å². The number of carbonyl (C=O) groups is 2. The fourth-order valence-corrected chi connectivity index (χ4v) is 4.14. The molecule has 190 valence electrons. The Morgan fingerprint density at radius 1 is 1.06 bits per heavy atom. The number of piperidine rings is 1. The number of nitrogens with zero attached hydrogens (tertiary/aromatic N) is 2. The lowest BCUT2D eigenvalue weighted by Crippen LogP contribution is -2.50. The minimum Gasteiger partial charge on any atom is -0.490 e. The zero-order valence-corrected chi connectivity index (χ0v) is 20.1. The molecule has 0 N–H and O–H groups in total. The number of benzene rings is 1. The Morgan fingerprint density at radius 3 is 2.24 bits per heavy atom. The van der Waals surface area contributed by atoms with Crippen LogP contribution in [0.3, 0.4) is 0 Å². The summed E-state index contributed by atoms with van der Waals surface area (Å²) in [5.74, 6) is -2.52. The van der Waals surface area contributed by atoms with E-state index in [0.717, 1.165) is 25.9 Å². The number of hydrogen-bond donors (Lipinski definition) is 0. The van der Waals surface area contributed by atoms with E-state index in [9.17, 15) is 22.8 Å². The third-order valence-corrected chi connectivity index (χ3v) is 5.83. The fourth-order valence-electron chi connectivity index (χ4n) is 4.14. The molecule has 2 aliphatic rings. The molecule has 7 nitrogen and oxygen atoms in total. The van der Waals surface area contributed by atoms with Gasteiger partial charge in [-0.15, -0.1) is 0 Å². The predicted octanol–water partition coefficient (Wildman–Crippen LogP) is 4.19. The van der Waals surface area contributed by atoms with E-state index in [1.54, 1.807) is 26.8 Å². The van der Waals surface area contributed by atoms with E-state index in [1.807, 2.05) is 7.05 Å². The molecular weight excluding hydrogens is 453 g/mol. The fraction of sp³-hybridized carbons (Fsp3) is 0.667. The van der Waals surface area contributed by atoms with Gasteiger partial charge in [-0.3, -0.25) is 4.79 Å². The van der Waals surface area contributed by atoms with Crippen molar-refractivity contribution < 1.29 is 37.0 Å². The third kappa shape index (κ3) is 6.85. The van der Waals surface area contributed by atoms with Crippen molar-refractivity contribution in [2.45, 2.75) is 70.4 Å². The summed E-state index contributed by atoms with van der Waals surface area (Å²) in [6, 6.07) is 3.50. The molecule has 2 aliphatic heterocycles. The zero-order chi connectivity index (χ0) is 25.1. The van der Waals surface area contributed by atoms with Crippen molar-refractivity contribution in [3.63, 3.8) is 0 Å². The number of alkyl halides is 3. The Kier molecular flexibility index (Phi) is 8.13. The predicted molar refractivity (Wildman–Crippen MR) is 120 cm³/mol. The molecule has 0 radical (unpaired) electrons. The number of esters is 1. The van der Waals surface area contributed by atoms with E-state index in [0.29, 0.717) is 10.6 Å². The van der Waals surface area contributed by atoms with Crippen LogP contribution < -0.4 is 9.64 Å². The molecule has 2 fully saturated rings. The molecule has 0 atom stereocenters. The summed E-state index contributed by atoms with van der Waals surface area (Å²) in [6.45, 7) is 7.13. The highest BCUT2D eigenvalue weighted by atomic mass is 19.4. The highest BCUT2D eigenvalue weighted by molar-refractivity contribution is 6.05. The minimum atomic E-state index is -5.12. The van der Waals surface area contributed by atoms with Gasteiger partial charge in [-0.1, -0.05) is 0 Å². The molecule has 2 saturated heterocycles. The van der Waals surface area contributed by atoms with Crippen LogP contribution in [0.25, 0.3) is 0 Å². The second kappa shape index (κ2) is 10.5. The Morgan fingerprint density at radius 2 is 1.68 bits per heavy atom. The Labute approximate surface area is 198 Å². The third-order valence-electron chi connectivity index (χ3n) is 5.83. The van der Waals surface area contributed by atoms with Crippen molar-refractivity contribution >= 4 is 17.6 Å². The number of anilines is 1. The van der Waals surface area contributed by atoms with Crippen molar-refractivity contribution in [2.75, 3.05) is 38.3 Å². The monoisotopic (exact) mass is 486 g/mol. The van der Waals surface area contributed by atoms with Crippen LogP contribution in [0, 0.1) is 0 Å². The van der Waals surface area contributed by atoms with Crippen molar-refractivity contribution in [3.05, 3.63) is 23.8 Å². The number of likely N-dealkylation sites (tertiary alicyclic amines) is 1. The second-order valence-corrected chi connectivity index (χ2v) is 9.82. The largest absolute Gasteiger partial charge is 0.490 e. The van der Waals surface area contributed by atoms with Gasteiger partial charge < -0.3 is 24.0 Å². The molecule has 1 amide bonds. The average molecular weight is 487 g/mol. The van der Waals surface area contributed by atoms with E-state index >= 15 is 0 Å². The van der Waals surface area contributed by atoms with Crippen LogP contribution in [0.2, 0.25) is 0 Å². The van der Waals surface area contributed by atoms with Crippen LogP contribution in [0.15, 0.2) is 18.2 Å². The maximum Gasteiger partial charge on any atom is 0.471 e.